The van der Waals surface area contributed by atoms with E-state index in [4.69, 9.17) is 10.3 Å². The molecule has 1 aliphatic rings. The van der Waals surface area contributed by atoms with Crippen LogP contribution in [-0.4, -0.2) is 53.1 Å². The molecular weight excluding hydrogens is 315 g/mol. The minimum absolute atomic E-state index is 0. The molecule has 1 atom stereocenters. The van der Waals surface area contributed by atoms with E-state index in [1.807, 2.05) is 18.7 Å². The number of carbonyl (C=O) groups excluding carboxylic acids is 1. The van der Waals surface area contributed by atoms with Crippen LogP contribution in [-0.2, 0) is 11.3 Å². The molecular formula is C13H24Cl2N4O2. The normalized spacial score (nSPS) is 16.9. The molecule has 1 fully saturated rings. The second-order valence-corrected chi connectivity index (χ2v) is 5.19. The molecule has 0 spiro atoms. The zero-order chi connectivity index (χ0) is 14.0. The Kier molecular flexibility index (Phi) is 8.25. The van der Waals surface area contributed by atoms with E-state index in [2.05, 4.69) is 10.1 Å². The van der Waals surface area contributed by atoms with Crippen molar-refractivity contribution in [1.29, 1.82) is 0 Å². The van der Waals surface area contributed by atoms with Crippen LogP contribution >= 0.6 is 24.8 Å². The van der Waals surface area contributed by atoms with E-state index in [1.165, 1.54) is 0 Å². The first-order valence-corrected chi connectivity index (χ1v) is 6.67. The Balaban J connectivity index is 0.00000200. The van der Waals surface area contributed by atoms with Crippen molar-refractivity contribution in [2.24, 2.45) is 5.73 Å². The summed E-state index contributed by atoms with van der Waals surface area (Å²) in [6.45, 7) is 9.67. The standard InChI is InChI=1S/C13H22N4O2.2ClH/c1-9(14)13(18)17-6-4-16(5-7-17)8-12-10(2)15-19-11(12)3;;/h9H,4-8,14H2,1-3H3;2*1H. The van der Waals surface area contributed by atoms with Gasteiger partial charge in [0.05, 0.1) is 11.7 Å². The van der Waals surface area contributed by atoms with Crippen LogP contribution in [0.2, 0.25) is 0 Å². The lowest BCUT2D eigenvalue weighted by Crippen LogP contribution is -2.52. The molecule has 2 rings (SSSR count). The van der Waals surface area contributed by atoms with Crippen molar-refractivity contribution in [3.63, 3.8) is 0 Å². The molecule has 1 aromatic heterocycles. The van der Waals surface area contributed by atoms with Crippen LogP contribution in [0.1, 0.15) is 23.9 Å². The second kappa shape index (κ2) is 8.58. The average molecular weight is 339 g/mol. The topological polar surface area (TPSA) is 75.6 Å². The molecule has 0 aromatic carbocycles. The maximum absolute atomic E-state index is 11.8. The lowest BCUT2D eigenvalue weighted by molar-refractivity contribution is -0.134. The molecule has 0 aliphatic carbocycles. The van der Waals surface area contributed by atoms with E-state index in [0.717, 1.165) is 49.7 Å². The van der Waals surface area contributed by atoms with Crippen molar-refractivity contribution in [1.82, 2.24) is 15.0 Å². The Bertz CT molecular complexity index is 438. The molecule has 0 radical (unpaired) electrons. The summed E-state index contributed by atoms with van der Waals surface area (Å²) in [6.07, 6.45) is 0. The van der Waals surface area contributed by atoms with E-state index < -0.39 is 6.04 Å². The van der Waals surface area contributed by atoms with Crippen molar-refractivity contribution in [3.8, 4) is 0 Å². The smallest absolute Gasteiger partial charge is 0.239 e. The van der Waals surface area contributed by atoms with Gasteiger partial charge in [-0.1, -0.05) is 5.16 Å². The maximum atomic E-state index is 11.8. The minimum Gasteiger partial charge on any atom is -0.361 e. The monoisotopic (exact) mass is 338 g/mol. The zero-order valence-corrected chi connectivity index (χ0v) is 14.3. The number of rotatable bonds is 3. The van der Waals surface area contributed by atoms with Crippen LogP contribution in [0.25, 0.3) is 0 Å². The largest absolute Gasteiger partial charge is 0.361 e. The zero-order valence-electron chi connectivity index (χ0n) is 12.7. The van der Waals surface area contributed by atoms with Crippen LogP contribution in [0.5, 0.6) is 0 Å². The Hall–Kier alpha value is -0.820. The number of piperazine rings is 1. The van der Waals surface area contributed by atoms with Crippen LogP contribution in [0.4, 0.5) is 0 Å². The van der Waals surface area contributed by atoms with Crippen LogP contribution in [0, 0.1) is 13.8 Å². The SMILES string of the molecule is Cc1noc(C)c1CN1CCN(C(=O)C(C)N)CC1.Cl.Cl. The Morgan fingerprint density at radius 1 is 1.29 bits per heavy atom. The number of hydrogen-bond acceptors (Lipinski definition) is 5. The number of halogens is 2. The minimum atomic E-state index is -0.408. The molecule has 122 valence electrons. The highest BCUT2D eigenvalue weighted by Gasteiger charge is 2.24. The molecule has 1 aromatic rings. The molecule has 1 unspecified atom stereocenters. The van der Waals surface area contributed by atoms with Crippen LogP contribution < -0.4 is 5.73 Å². The van der Waals surface area contributed by atoms with Crippen molar-refractivity contribution >= 4 is 30.7 Å². The maximum Gasteiger partial charge on any atom is 0.239 e. The van der Waals surface area contributed by atoms with E-state index >= 15 is 0 Å². The Labute approximate surface area is 137 Å². The van der Waals surface area contributed by atoms with Gasteiger partial charge in [0.15, 0.2) is 0 Å². The highest BCUT2D eigenvalue weighted by molar-refractivity contribution is 5.85. The average Bonchev–Trinajstić information content (AvgIpc) is 2.70. The molecule has 8 heteroatoms. The van der Waals surface area contributed by atoms with Gasteiger partial charge in [-0.15, -0.1) is 24.8 Å². The molecule has 2 N–H and O–H groups in total. The quantitative estimate of drug-likeness (QED) is 0.893. The third-order valence-corrected chi connectivity index (χ3v) is 3.64. The summed E-state index contributed by atoms with van der Waals surface area (Å²) in [6, 6.07) is -0.408. The number of hydrogen-bond donors (Lipinski definition) is 1. The third-order valence-electron chi connectivity index (χ3n) is 3.64. The second-order valence-electron chi connectivity index (χ2n) is 5.19. The van der Waals surface area contributed by atoms with Crippen molar-refractivity contribution in [3.05, 3.63) is 17.0 Å². The predicted octanol–water partition coefficient (Wildman–Crippen LogP) is 1.13. The molecule has 6 nitrogen and oxygen atoms in total. The van der Waals surface area contributed by atoms with Gasteiger partial charge in [0.25, 0.3) is 0 Å². The number of carbonyl (C=O) groups is 1. The number of nitrogens with two attached hydrogens (primary N) is 1. The van der Waals surface area contributed by atoms with Gasteiger partial charge in [0, 0.05) is 38.3 Å². The van der Waals surface area contributed by atoms with E-state index in [0.29, 0.717) is 0 Å². The summed E-state index contributed by atoms with van der Waals surface area (Å²) < 4.78 is 5.17. The van der Waals surface area contributed by atoms with E-state index in [1.54, 1.807) is 6.92 Å². The van der Waals surface area contributed by atoms with Gasteiger partial charge in [0.2, 0.25) is 5.91 Å². The van der Waals surface area contributed by atoms with Gasteiger partial charge >= 0.3 is 0 Å². The van der Waals surface area contributed by atoms with E-state index in [9.17, 15) is 4.79 Å². The van der Waals surface area contributed by atoms with Gasteiger partial charge in [-0.3, -0.25) is 9.69 Å². The fourth-order valence-electron chi connectivity index (χ4n) is 2.37. The first kappa shape index (κ1) is 20.2. The lowest BCUT2D eigenvalue weighted by Gasteiger charge is -2.35. The van der Waals surface area contributed by atoms with Gasteiger partial charge < -0.3 is 15.2 Å². The Morgan fingerprint density at radius 3 is 2.29 bits per heavy atom. The number of amides is 1. The highest BCUT2D eigenvalue weighted by atomic mass is 35.5. The summed E-state index contributed by atoms with van der Waals surface area (Å²) in [5.41, 5.74) is 7.74. The molecule has 0 bridgehead atoms. The molecule has 1 saturated heterocycles. The fraction of sp³-hybridized carbons (Fsp3) is 0.692. The summed E-state index contributed by atoms with van der Waals surface area (Å²) in [7, 11) is 0. The summed E-state index contributed by atoms with van der Waals surface area (Å²) in [5, 5.41) is 3.97. The first-order valence-electron chi connectivity index (χ1n) is 6.67. The molecule has 0 saturated carbocycles. The van der Waals surface area contributed by atoms with Crippen molar-refractivity contribution in [2.45, 2.75) is 33.4 Å². The van der Waals surface area contributed by atoms with Crippen molar-refractivity contribution < 1.29 is 9.32 Å². The first-order chi connectivity index (χ1) is 8.99. The van der Waals surface area contributed by atoms with Gasteiger partial charge in [0.1, 0.15) is 5.76 Å². The van der Waals surface area contributed by atoms with Crippen LogP contribution in [0.3, 0.4) is 0 Å². The third kappa shape index (κ3) is 4.85. The van der Waals surface area contributed by atoms with E-state index in [-0.39, 0.29) is 30.7 Å². The van der Waals surface area contributed by atoms with Crippen molar-refractivity contribution in [2.75, 3.05) is 26.2 Å². The molecule has 21 heavy (non-hydrogen) atoms. The summed E-state index contributed by atoms with van der Waals surface area (Å²) in [5.74, 6) is 0.920. The molecule has 2 heterocycles. The summed E-state index contributed by atoms with van der Waals surface area (Å²) >= 11 is 0. The number of aromatic nitrogens is 1. The number of nitrogens with zero attached hydrogens (tertiary/aromatic N) is 3. The Morgan fingerprint density at radius 2 is 1.86 bits per heavy atom. The fourth-order valence-corrected chi connectivity index (χ4v) is 2.37. The van der Waals surface area contributed by atoms with Gasteiger partial charge in [-0.2, -0.15) is 0 Å². The molecule has 1 amide bonds. The lowest BCUT2D eigenvalue weighted by atomic mass is 10.1. The summed E-state index contributed by atoms with van der Waals surface area (Å²) in [4.78, 5) is 15.9. The van der Waals surface area contributed by atoms with Crippen LogP contribution in [0.15, 0.2) is 4.52 Å². The van der Waals surface area contributed by atoms with Gasteiger partial charge in [-0.25, -0.2) is 0 Å². The molecule has 1 aliphatic heterocycles. The van der Waals surface area contributed by atoms with Gasteiger partial charge in [-0.05, 0) is 20.8 Å². The predicted molar refractivity (Wildman–Crippen MR) is 86.0 cm³/mol. The highest BCUT2D eigenvalue weighted by Crippen LogP contribution is 2.16. The number of aryl methyl sites for hydroxylation is 2.